The molecule has 1 fully saturated rings. The predicted molar refractivity (Wildman–Crippen MR) is 87.5 cm³/mol. The van der Waals surface area contributed by atoms with E-state index in [1.807, 2.05) is 12.1 Å². The van der Waals surface area contributed by atoms with Gasteiger partial charge in [-0.15, -0.1) is 0 Å². The largest absolute Gasteiger partial charge is 0.341 e. The maximum Gasteiger partial charge on any atom is 0.222 e. The Hall–Kier alpha value is -0.770. The van der Waals surface area contributed by atoms with Crippen LogP contribution in [0.3, 0.4) is 0 Å². The van der Waals surface area contributed by atoms with E-state index in [1.54, 1.807) is 18.0 Å². The van der Waals surface area contributed by atoms with Crippen molar-refractivity contribution in [2.24, 2.45) is 11.7 Å². The summed E-state index contributed by atoms with van der Waals surface area (Å²) in [5.74, 6) is 0.428. The molecule has 2 N–H and O–H groups in total. The lowest BCUT2D eigenvalue weighted by atomic mass is 9.83. The highest BCUT2D eigenvalue weighted by molar-refractivity contribution is 6.42. The number of carbonyl (C=O) groups excluding carboxylic acids is 1. The van der Waals surface area contributed by atoms with Gasteiger partial charge in [-0.05, 0) is 30.4 Å². The molecule has 0 bridgehead atoms. The molecule has 0 spiro atoms. The van der Waals surface area contributed by atoms with Crippen molar-refractivity contribution >= 4 is 29.1 Å². The smallest absolute Gasteiger partial charge is 0.222 e. The van der Waals surface area contributed by atoms with E-state index in [-0.39, 0.29) is 11.9 Å². The number of carbonyl (C=O) groups is 1. The van der Waals surface area contributed by atoms with E-state index in [2.05, 4.69) is 0 Å². The summed E-state index contributed by atoms with van der Waals surface area (Å²) in [6.07, 6.45) is 4.96. The van der Waals surface area contributed by atoms with Crippen molar-refractivity contribution in [3.63, 3.8) is 0 Å². The zero-order chi connectivity index (χ0) is 15.4. The lowest BCUT2D eigenvalue weighted by Crippen LogP contribution is -2.37. The van der Waals surface area contributed by atoms with Crippen LogP contribution in [-0.2, 0) is 11.3 Å². The molecule has 2 rings (SSSR count). The highest BCUT2D eigenvalue weighted by atomic mass is 35.5. The van der Waals surface area contributed by atoms with Gasteiger partial charge >= 0.3 is 0 Å². The van der Waals surface area contributed by atoms with Crippen LogP contribution in [0.4, 0.5) is 0 Å². The van der Waals surface area contributed by atoms with Gasteiger partial charge in [-0.2, -0.15) is 0 Å². The first-order chi connectivity index (χ1) is 9.99. The second kappa shape index (κ2) is 7.48. The molecular formula is C16H22Cl2N2O. The molecule has 0 heterocycles. The van der Waals surface area contributed by atoms with Gasteiger partial charge in [-0.25, -0.2) is 0 Å². The minimum atomic E-state index is 0.119. The molecule has 1 saturated carbocycles. The normalized spacial score (nSPS) is 22.1. The van der Waals surface area contributed by atoms with Crippen LogP contribution in [-0.4, -0.2) is 23.9 Å². The first-order valence-electron chi connectivity index (χ1n) is 7.41. The first kappa shape index (κ1) is 16.6. The third-order valence-corrected chi connectivity index (χ3v) is 5.13. The van der Waals surface area contributed by atoms with Gasteiger partial charge in [0, 0.05) is 26.1 Å². The van der Waals surface area contributed by atoms with Crippen molar-refractivity contribution in [1.29, 1.82) is 0 Å². The number of halogens is 2. The zero-order valence-electron chi connectivity index (χ0n) is 12.3. The minimum Gasteiger partial charge on any atom is -0.341 e. The van der Waals surface area contributed by atoms with Crippen LogP contribution in [0.1, 0.15) is 37.7 Å². The van der Waals surface area contributed by atoms with E-state index in [4.69, 9.17) is 28.9 Å². The molecule has 0 aromatic heterocycles. The number of hydrogen-bond donors (Lipinski definition) is 1. The summed E-state index contributed by atoms with van der Waals surface area (Å²) >= 11 is 12.2. The standard InChI is InChI=1S/C16H22Cl2N2O/c1-20(10-12-6-4-7-13(17)16(12)18)15(21)9-11-5-2-3-8-14(11)19/h4,6-7,11,14H,2-3,5,8-10,19H2,1H3. The van der Waals surface area contributed by atoms with E-state index < -0.39 is 0 Å². The van der Waals surface area contributed by atoms with Crippen LogP contribution in [0, 0.1) is 5.92 Å². The molecule has 3 nitrogen and oxygen atoms in total. The number of amides is 1. The van der Waals surface area contributed by atoms with Crippen molar-refractivity contribution in [3.8, 4) is 0 Å². The molecule has 1 aliphatic carbocycles. The predicted octanol–water partition coefficient (Wildman–Crippen LogP) is 3.86. The van der Waals surface area contributed by atoms with Crippen LogP contribution in [0.5, 0.6) is 0 Å². The van der Waals surface area contributed by atoms with Gasteiger partial charge in [0.2, 0.25) is 5.91 Å². The van der Waals surface area contributed by atoms with E-state index >= 15 is 0 Å². The van der Waals surface area contributed by atoms with Gasteiger partial charge in [0.05, 0.1) is 10.0 Å². The Morgan fingerprint density at radius 1 is 1.33 bits per heavy atom. The summed E-state index contributed by atoms with van der Waals surface area (Å²) in [5, 5.41) is 1.04. The maximum absolute atomic E-state index is 12.4. The Bertz CT molecular complexity index is 507. The molecule has 1 amide bonds. The Labute approximate surface area is 136 Å². The maximum atomic E-state index is 12.4. The minimum absolute atomic E-state index is 0.119. The zero-order valence-corrected chi connectivity index (χ0v) is 13.8. The van der Waals surface area contributed by atoms with E-state index in [1.165, 1.54) is 12.8 Å². The fraction of sp³-hybridized carbons (Fsp3) is 0.562. The number of nitrogens with two attached hydrogens (primary N) is 1. The first-order valence-corrected chi connectivity index (χ1v) is 8.17. The molecule has 1 aromatic carbocycles. The molecule has 0 aliphatic heterocycles. The Morgan fingerprint density at radius 2 is 2.05 bits per heavy atom. The van der Waals surface area contributed by atoms with Gasteiger partial charge in [0.15, 0.2) is 0 Å². The van der Waals surface area contributed by atoms with Crippen molar-refractivity contribution in [2.45, 2.75) is 44.7 Å². The summed E-state index contributed by atoms with van der Waals surface area (Å²) in [6.45, 7) is 0.472. The average Bonchev–Trinajstić information content (AvgIpc) is 2.46. The van der Waals surface area contributed by atoms with E-state index in [0.717, 1.165) is 18.4 Å². The van der Waals surface area contributed by atoms with Gasteiger partial charge in [-0.3, -0.25) is 4.79 Å². The van der Waals surface area contributed by atoms with Crippen LogP contribution in [0.15, 0.2) is 18.2 Å². The van der Waals surface area contributed by atoms with Crippen molar-refractivity contribution in [1.82, 2.24) is 4.90 Å². The fourth-order valence-corrected chi connectivity index (χ4v) is 3.26. The summed E-state index contributed by atoms with van der Waals surface area (Å²) in [5.41, 5.74) is 6.98. The van der Waals surface area contributed by atoms with Crippen molar-refractivity contribution in [2.75, 3.05) is 7.05 Å². The number of rotatable bonds is 4. The molecule has 5 heteroatoms. The number of hydrogen-bond acceptors (Lipinski definition) is 2. The Morgan fingerprint density at radius 3 is 2.76 bits per heavy atom. The van der Waals surface area contributed by atoms with Crippen LogP contribution < -0.4 is 5.73 Å². The Balaban J connectivity index is 1.94. The van der Waals surface area contributed by atoms with Crippen molar-refractivity contribution < 1.29 is 4.79 Å². The molecular weight excluding hydrogens is 307 g/mol. The molecule has 2 atom stereocenters. The molecule has 2 unspecified atom stereocenters. The summed E-state index contributed by atoms with van der Waals surface area (Å²) in [4.78, 5) is 14.1. The molecule has 21 heavy (non-hydrogen) atoms. The lowest BCUT2D eigenvalue weighted by molar-refractivity contribution is -0.131. The lowest BCUT2D eigenvalue weighted by Gasteiger charge is -2.29. The van der Waals surface area contributed by atoms with Gasteiger partial charge < -0.3 is 10.6 Å². The molecule has 1 aliphatic rings. The summed E-state index contributed by atoms with van der Waals surface area (Å²) in [7, 11) is 1.80. The number of benzene rings is 1. The third-order valence-electron chi connectivity index (χ3n) is 4.27. The second-order valence-electron chi connectivity index (χ2n) is 5.88. The van der Waals surface area contributed by atoms with E-state index in [9.17, 15) is 4.79 Å². The Kier molecular flexibility index (Phi) is 5.91. The third kappa shape index (κ3) is 4.35. The fourth-order valence-electron chi connectivity index (χ4n) is 2.88. The summed E-state index contributed by atoms with van der Waals surface area (Å²) < 4.78 is 0. The van der Waals surface area contributed by atoms with Gasteiger partial charge in [0.25, 0.3) is 0 Å². The van der Waals surface area contributed by atoms with Crippen LogP contribution in [0.2, 0.25) is 10.0 Å². The molecule has 116 valence electrons. The highest BCUT2D eigenvalue weighted by Crippen LogP contribution is 2.28. The quantitative estimate of drug-likeness (QED) is 0.912. The topological polar surface area (TPSA) is 46.3 Å². The van der Waals surface area contributed by atoms with Gasteiger partial charge in [0.1, 0.15) is 0 Å². The second-order valence-corrected chi connectivity index (χ2v) is 6.66. The van der Waals surface area contributed by atoms with Gasteiger partial charge in [-0.1, -0.05) is 48.2 Å². The van der Waals surface area contributed by atoms with Crippen LogP contribution >= 0.6 is 23.2 Å². The van der Waals surface area contributed by atoms with Crippen molar-refractivity contribution in [3.05, 3.63) is 33.8 Å². The highest BCUT2D eigenvalue weighted by Gasteiger charge is 2.25. The SMILES string of the molecule is CN(Cc1cccc(Cl)c1Cl)C(=O)CC1CCCCC1N. The summed E-state index contributed by atoms with van der Waals surface area (Å²) in [6, 6.07) is 5.64. The molecule has 0 radical (unpaired) electrons. The molecule has 1 aromatic rings. The monoisotopic (exact) mass is 328 g/mol. The van der Waals surface area contributed by atoms with E-state index in [0.29, 0.717) is 28.9 Å². The van der Waals surface area contributed by atoms with Crippen LogP contribution in [0.25, 0.3) is 0 Å². The number of nitrogens with zero attached hydrogens (tertiary/aromatic N) is 1. The molecule has 0 saturated heterocycles. The average molecular weight is 329 g/mol.